The molecule has 1 aliphatic heterocycles. The predicted molar refractivity (Wildman–Crippen MR) is 82.0 cm³/mol. The second-order valence-electron chi connectivity index (χ2n) is 5.74. The second-order valence-corrected chi connectivity index (χ2v) is 8.34. The lowest BCUT2D eigenvalue weighted by Crippen LogP contribution is -2.45. The van der Waals surface area contributed by atoms with Gasteiger partial charge in [0, 0.05) is 16.6 Å². The van der Waals surface area contributed by atoms with E-state index >= 15 is 0 Å². The van der Waals surface area contributed by atoms with Crippen LogP contribution >= 0.6 is 15.9 Å². The van der Waals surface area contributed by atoms with E-state index in [1.165, 1.54) is 31.0 Å². The first-order valence-electron chi connectivity index (χ1n) is 7.17. The molecule has 1 aromatic carbocycles. The highest BCUT2D eigenvalue weighted by molar-refractivity contribution is 9.10. The SMILES string of the molecule is O=S(=O)(NC1CCN(C2CC2)CC1)c1ccc(Br)cc1F. The number of nitrogens with one attached hydrogen (secondary N) is 1. The van der Waals surface area contributed by atoms with Gasteiger partial charge in [0.1, 0.15) is 10.7 Å². The minimum absolute atomic E-state index is 0.104. The Morgan fingerprint density at radius 2 is 1.86 bits per heavy atom. The molecule has 0 amide bonds. The average Bonchev–Trinajstić information content (AvgIpc) is 3.23. The van der Waals surface area contributed by atoms with Crippen molar-refractivity contribution in [2.75, 3.05) is 13.1 Å². The third kappa shape index (κ3) is 3.64. The van der Waals surface area contributed by atoms with Crippen LogP contribution < -0.4 is 4.72 Å². The van der Waals surface area contributed by atoms with E-state index in [1.807, 2.05) is 0 Å². The highest BCUT2D eigenvalue weighted by Crippen LogP contribution is 2.29. The van der Waals surface area contributed by atoms with Gasteiger partial charge in [0.2, 0.25) is 10.0 Å². The second kappa shape index (κ2) is 5.95. The molecule has 1 saturated carbocycles. The first-order valence-corrected chi connectivity index (χ1v) is 9.45. The smallest absolute Gasteiger partial charge is 0.243 e. The minimum Gasteiger partial charge on any atom is -0.300 e. The van der Waals surface area contributed by atoms with Gasteiger partial charge in [-0.1, -0.05) is 15.9 Å². The van der Waals surface area contributed by atoms with E-state index in [4.69, 9.17) is 0 Å². The van der Waals surface area contributed by atoms with Gasteiger partial charge in [0.05, 0.1) is 0 Å². The number of halogens is 2. The van der Waals surface area contributed by atoms with Crippen molar-refractivity contribution in [3.05, 3.63) is 28.5 Å². The molecule has 2 aliphatic rings. The van der Waals surface area contributed by atoms with Gasteiger partial charge in [-0.05, 0) is 57.0 Å². The van der Waals surface area contributed by atoms with Crippen LogP contribution in [0.3, 0.4) is 0 Å². The van der Waals surface area contributed by atoms with Crippen molar-refractivity contribution in [3.8, 4) is 0 Å². The van der Waals surface area contributed by atoms with E-state index in [-0.39, 0.29) is 10.9 Å². The molecule has 116 valence electrons. The van der Waals surface area contributed by atoms with E-state index in [0.717, 1.165) is 25.9 Å². The molecule has 0 atom stereocenters. The van der Waals surface area contributed by atoms with Crippen molar-refractivity contribution in [1.82, 2.24) is 9.62 Å². The first-order chi connectivity index (χ1) is 9.95. The molecule has 0 bridgehead atoms. The fraction of sp³-hybridized carbons (Fsp3) is 0.571. The van der Waals surface area contributed by atoms with E-state index in [0.29, 0.717) is 10.5 Å². The van der Waals surface area contributed by atoms with Gasteiger partial charge in [0.15, 0.2) is 0 Å². The van der Waals surface area contributed by atoms with Crippen LogP contribution in [0.4, 0.5) is 4.39 Å². The summed E-state index contributed by atoms with van der Waals surface area (Å²) in [6.07, 6.45) is 4.10. The van der Waals surface area contributed by atoms with Crippen LogP contribution in [0.2, 0.25) is 0 Å². The molecule has 21 heavy (non-hydrogen) atoms. The zero-order valence-corrected chi connectivity index (χ0v) is 14.0. The van der Waals surface area contributed by atoms with Crippen molar-refractivity contribution in [2.45, 2.75) is 42.7 Å². The van der Waals surface area contributed by atoms with Crippen LogP contribution in [0.1, 0.15) is 25.7 Å². The average molecular weight is 377 g/mol. The van der Waals surface area contributed by atoms with E-state index in [1.54, 1.807) is 0 Å². The maximum absolute atomic E-state index is 13.8. The summed E-state index contributed by atoms with van der Waals surface area (Å²) in [4.78, 5) is 2.14. The summed E-state index contributed by atoms with van der Waals surface area (Å²) in [5.74, 6) is -0.729. The molecular formula is C14H18BrFN2O2S. The molecule has 0 radical (unpaired) electrons. The van der Waals surface area contributed by atoms with Crippen molar-refractivity contribution in [2.24, 2.45) is 0 Å². The van der Waals surface area contributed by atoms with Crippen LogP contribution in [0.25, 0.3) is 0 Å². The van der Waals surface area contributed by atoms with Crippen LogP contribution in [0, 0.1) is 5.82 Å². The normalized spacial score (nSPS) is 21.6. The number of sulfonamides is 1. The van der Waals surface area contributed by atoms with Gasteiger partial charge in [-0.3, -0.25) is 0 Å². The molecule has 3 rings (SSSR count). The molecule has 1 aromatic rings. The minimum atomic E-state index is -3.79. The van der Waals surface area contributed by atoms with Gasteiger partial charge >= 0.3 is 0 Å². The molecule has 0 unspecified atom stereocenters. The van der Waals surface area contributed by atoms with E-state index in [2.05, 4.69) is 25.6 Å². The van der Waals surface area contributed by atoms with Crippen LogP contribution in [-0.2, 0) is 10.0 Å². The quantitative estimate of drug-likeness (QED) is 0.877. The third-order valence-corrected chi connectivity index (χ3v) is 6.15. The fourth-order valence-electron chi connectivity index (χ4n) is 2.80. The summed E-state index contributed by atoms with van der Waals surface area (Å²) in [5.41, 5.74) is 0. The summed E-state index contributed by atoms with van der Waals surface area (Å²) < 4.78 is 41.5. The van der Waals surface area contributed by atoms with Crippen LogP contribution in [-0.4, -0.2) is 38.5 Å². The van der Waals surface area contributed by atoms with Crippen molar-refractivity contribution < 1.29 is 12.8 Å². The molecule has 0 aromatic heterocycles. The Bertz CT molecular complexity index is 626. The number of nitrogens with zero attached hydrogens (tertiary/aromatic N) is 1. The zero-order chi connectivity index (χ0) is 15.0. The summed E-state index contributed by atoms with van der Waals surface area (Å²) in [5, 5.41) is 0. The number of likely N-dealkylation sites (tertiary alicyclic amines) is 1. The Balaban J connectivity index is 1.66. The standard InChI is InChI=1S/C14H18BrFN2O2S/c15-10-1-4-14(13(16)9-10)21(19,20)17-11-5-7-18(8-6-11)12-2-3-12/h1,4,9,11-12,17H,2-3,5-8H2. The Morgan fingerprint density at radius 1 is 1.19 bits per heavy atom. The zero-order valence-electron chi connectivity index (χ0n) is 11.6. The third-order valence-electron chi connectivity index (χ3n) is 4.10. The van der Waals surface area contributed by atoms with Crippen molar-refractivity contribution in [1.29, 1.82) is 0 Å². The lowest BCUT2D eigenvalue weighted by molar-refractivity contribution is 0.199. The van der Waals surface area contributed by atoms with Crippen LogP contribution in [0.5, 0.6) is 0 Å². The van der Waals surface area contributed by atoms with Gasteiger partial charge in [-0.25, -0.2) is 17.5 Å². The number of benzene rings is 1. The molecule has 4 nitrogen and oxygen atoms in total. The summed E-state index contributed by atoms with van der Waals surface area (Å²) in [7, 11) is -3.79. The Hall–Kier alpha value is -0.500. The molecular weight excluding hydrogens is 359 g/mol. The lowest BCUT2D eigenvalue weighted by Gasteiger charge is -2.32. The molecule has 1 saturated heterocycles. The first kappa shape index (κ1) is 15.4. The monoisotopic (exact) mass is 376 g/mol. The fourth-order valence-corrected chi connectivity index (χ4v) is 4.50. The molecule has 1 N–H and O–H groups in total. The van der Waals surface area contributed by atoms with Gasteiger partial charge in [-0.2, -0.15) is 0 Å². The largest absolute Gasteiger partial charge is 0.300 e. The molecule has 0 spiro atoms. The summed E-state index contributed by atoms with van der Waals surface area (Å²) >= 11 is 3.13. The number of hydrogen-bond acceptors (Lipinski definition) is 3. The Kier molecular flexibility index (Phi) is 4.36. The molecule has 1 aliphatic carbocycles. The lowest BCUT2D eigenvalue weighted by atomic mass is 10.1. The summed E-state index contributed by atoms with van der Waals surface area (Å²) in [6, 6.07) is 4.61. The molecule has 2 fully saturated rings. The van der Waals surface area contributed by atoms with Gasteiger partial charge < -0.3 is 4.90 Å². The number of rotatable bonds is 4. The highest BCUT2D eigenvalue weighted by Gasteiger charge is 2.33. The molecule has 7 heteroatoms. The number of hydrogen-bond donors (Lipinski definition) is 1. The van der Waals surface area contributed by atoms with Crippen LogP contribution in [0.15, 0.2) is 27.6 Å². The number of piperidine rings is 1. The topological polar surface area (TPSA) is 49.4 Å². The maximum Gasteiger partial charge on any atom is 0.243 e. The van der Waals surface area contributed by atoms with Crippen molar-refractivity contribution in [3.63, 3.8) is 0 Å². The van der Waals surface area contributed by atoms with Gasteiger partial charge in [0.25, 0.3) is 0 Å². The van der Waals surface area contributed by atoms with Crippen molar-refractivity contribution >= 4 is 26.0 Å². The summed E-state index contributed by atoms with van der Waals surface area (Å²) in [6.45, 7) is 1.83. The highest BCUT2D eigenvalue weighted by atomic mass is 79.9. The Labute approximate surface area is 132 Å². The predicted octanol–water partition coefficient (Wildman–Crippen LogP) is 2.49. The molecule has 1 heterocycles. The van der Waals surface area contributed by atoms with Gasteiger partial charge in [-0.15, -0.1) is 0 Å². The van der Waals surface area contributed by atoms with E-state index in [9.17, 15) is 12.8 Å². The maximum atomic E-state index is 13.8. The van der Waals surface area contributed by atoms with E-state index < -0.39 is 15.8 Å². The Morgan fingerprint density at radius 3 is 2.43 bits per heavy atom.